The number of carbonyl (C=O) groups is 1. The predicted octanol–water partition coefficient (Wildman–Crippen LogP) is 4.41. The van der Waals surface area contributed by atoms with Gasteiger partial charge in [-0.3, -0.25) is 4.79 Å². The number of benzene rings is 2. The summed E-state index contributed by atoms with van der Waals surface area (Å²) in [5, 5.41) is 1.04. The molecule has 0 bridgehead atoms. The lowest BCUT2D eigenvalue weighted by Crippen LogP contribution is -2.29. The van der Waals surface area contributed by atoms with Gasteiger partial charge in [-0.2, -0.15) is 0 Å². The summed E-state index contributed by atoms with van der Waals surface area (Å²) in [6.07, 6.45) is 0. The minimum Gasteiger partial charge on any atom is -0.459 e. The summed E-state index contributed by atoms with van der Waals surface area (Å²) >= 11 is 0. The van der Waals surface area contributed by atoms with Crippen LogP contribution in [0.3, 0.4) is 0 Å². The number of ether oxygens (including phenoxy) is 1. The van der Waals surface area contributed by atoms with Crippen molar-refractivity contribution in [3.8, 4) is 0 Å². The summed E-state index contributed by atoms with van der Waals surface area (Å²) < 4.78 is 11.0. The van der Waals surface area contributed by atoms with Crippen LogP contribution < -0.4 is 0 Å². The molecule has 3 rings (SSSR count). The van der Waals surface area contributed by atoms with Crippen LogP contribution in [0.15, 0.2) is 59.0 Å². The Morgan fingerprint density at radius 3 is 2.71 bits per heavy atom. The number of furan rings is 1. The number of fused-ring (bicyclic) bond motifs is 1. The van der Waals surface area contributed by atoms with Crippen molar-refractivity contribution in [2.24, 2.45) is 0 Å². The first kappa shape index (κ1) is 16.3. The predicted molar refractivity (Wildman–Crippen MR) is 93.9 cm³/mol. The summed E-state index contributed by atoms with van der Waals surface area (Å²) in [5.41, 5.74) is 2.46. The minimum atomic E-state index is -0.156. The van der Waals surface area contributed by atoms with E-state index in [4.69, 9.17) is 9.15 Å². The first-order valence-electron chi connectivity index (χ1n) is 7.93. The van der Waals surface area contributed by atoms with Crippen molar-refractivity contribution in [2.45, 2.75) is 19.6 Å². The minimum absolute atomic E-state index is 0.0408. The summed E-state index contributed by atoms with van der Waals surface area (Å²) in [7, 11) is 3.44. The van der Waals surface area contributed by atoms with Gasteiger partial charge in [-0.05, 0) is 36.8 Å². The number of hydrogen-bond acceptors (Lipinski definition) is 3. The smallest absolute Gasteiger partial charge is 0.254 e. The van der Waals surface area contributed by atoms with Crippen LogP contribution in [-0.2, 0) is 11.3 Å². The van der Waals surface area contributed by atoms with Gasteiger partial charge in [0.25, 0.3) is 5.91 Å². The Hall–Kier alpha value is -2.59. The SMILES string of the molecule is COCc1cccc(C(=O)N(C)C(C)c2cc3ccccc3o2)c1. The number of carbonyl (C=O) groups excluding carboxylic acids is 1. The fourth-order valence-electron chi connectivity index (χ4n) is 2.74. The lowest BCUT2D eigenvalue weighted by atomic mass is 10.1. The standard InChI is InChI=1S/C20H21NO3/c1-14(19-12-16-8-4-5-10-18(16)24-19)21(2)20(22)17-9-6-7-15(11-17)13-23-3/h4-12,14H,13H2,1-3H3. The quantitative estimate of drug-likeness (QED) is 0.698. The monoisotopic (exact) mass is 323 g/mol. The van der Waals surface area contributed by atoms with Crippen LogP contribution in [0, 0.1) is 0 Å². The molecule has 0 saturated carbocycles. The van der Waals surface area contributed by atoms with Crippen LogP contribution in [0.25, 0.3) is 11.0 Å². The molecule has 0 saturated heterocycles. The van der Waals surface area contributed by atoms with Crippen molar-refractivity contribution in [3.63, 3.8) is 0 Å². The van der Waals surface area contributed by atoms with Gasteiger partial charge in [-0.15, -0.1) is 0 Å². The molecule has 124 valence electrons. The number of para-hydroxylation sites is 1. The Morgan fingerprint density at radius 1 is 1.17 bits per heavy atom. The molecule has 24 heavy (non-hydrogen) atoms. The Morgan fingerprint density at radius 2 is 1.96 bits per heavy atom. The van der Waals surface area contributed by atoms with E-state index in [1.807, 2.05) is 61.5 Å². The van der Waals surface area contributed by atoms with Crippen molar-refractivity contribution in [1.29, 1.82) is 0 Å². The van der Waals surface area contributed by atoms with Gasteiger partial charge in [0.15, 0.2) is 0 Å². The maximum absolute atomic E-state index is 12.8. The molecular formula is C20H21NO3. The van der Waals surface area contributed by atoms with Crippen molar-refractivity contribution in [1.82, 2.24) is 4.90 Å². The highest BCUT2D eigenvalue weighted by Crippen LogP contribution is 2.27. The van der Waals surface area contributed by atoms with Gasteiger partial charge < -0.3 is 14.1 Å². The molecule has 1 heterocycles. The molecule has 0 radical (unpaired) electrons. The molecule has 0 fully saturated rings. The van der Waals surface area contributed by atoms with E-state index in [0.29, 0.717) is 12.2 Å². The van der Waals surface area contributed by atoms with Crippen molar-refractivity contribution in [2.75, 3.05) is 14.2 Å². The first-order valence-corrected chi connectivity index (χ1v) is 7.93. The molecule has 0 N–H and O–H groups in total. The topological polar surface area (TPSA) is 42.7 Å². The molecule has 0 aliphatic rings. The van der Waals surface area contributed by atoms with Crippen LogP contribution in [-0.4, -0.2) is 25.0 Å². The summed E-state index contributed by atoms with van der Waals surface area (Å²) in [5.74, 6) is 0.737. The van der Waals surface area contributed by atoms with Crippen molar-refractivity contribution in [3.05, 3.63) is 71.5 Å². The van der Waals surface area contributed by atoms with Gasteiger partial charge in [0.2, 0.25) is 0 Å². The van der Waals surface area contributed by atoms with Gasteiger partial charge >= 0.3 is 0 Å². The third-order valence-electron chi connectivity index (χ3n) is 4.24. The summed E-state index contributed by atoms with van der Waals surface area (Å²) in [6, 6.07) is 17.2. The molecule has 1 aromatic heterocycles. The summed E-state index contributed by atoms with van der Waals surface area (Å²) in [4.78, 5) is 14.5. The second kappa shape index (κ2) is 6.89. The largest absolute Gasteiger partial charge is 0.459 e. The number of methoxy groups -OCH3 is 1. The molecule has 0 spiro atoms. The zero-order chi connectivity index (χ0) is 17.1. The molecule has 0 aliphatic carbocycles. The average Bonchev–Trinajstić information content (AvgIpc) is 3.04. The zero-order valence-corrected chi connectivity index (χ0v) is 14.2. The highest BCUT2D eigenvalue weighted by atomic mass is 16.5. The van der Waals surface area contributed by atoms with Crippen LogP contribution >= 0.6 is 0 Å². The molecule has 1 unspecified atom stereocenters. The highest BCUT2D eigenvalue weighted by Gasteiger charge is 2.22. The maximum Gasteiger partial charge on any atom is 0.254 e. The van der Waals surface area contributed by atoms with E-state index in [2.05, 4.69) is 0 Å². The maximum atomic E-state index is 12.8. The van der Waals surface area contributed by atoms with Crippen molar-refractivity contribution < 1.29 is 13.9 Å². The molecular weight excluding hydrogens is 302 g/mol. The number of hydrogen-bond donors (Lipinski definition) is 0. The molecule has 1 atom stereocenters. The van der Waals surface area contributed by atoms with E-state index < -0.39 is 0 Å². The number of nitrogens with zero attached hydrogens (tertiary/aromatic N) is 1. The average molecular weight is 323 g/mol. The second-order valence-electron chi connectivity index (χ2n) is 5.91. The van der Waals surface area contributed by atoms with Gasteiger partial charge in [-0.25, -0.2) is 0 Å². The van der Waals surface area contributed by atoms with Gasteiger partial charge in [-0.1, -0.05) is 30.3 Å². The molecule has 0 aliphatic heterocycles. The Balaban J connectivity index is 1.83. The molecule has 1 amide bonds. The van der Waals surface area contributed by atoms with E-state index in [0.717, 1.165) is 22.3 Å². The summed E-state index contributed by atoms with van der Waals surface area (Å²) in [6.45, 7) is 2.46. The first-order chi connectivity index (χ1) is 11.6. The van der Waals surface area contributed by atoms with Gasteiger partial charge in [0.1, 0.15) is 11.3 Å². The molecule has 3 aromatic rings. The normalized spacial score (nSPS) is 12.3. The van der Waals surface area contributed by atoms with Gasteiger partial charge in [0.05, 0.1) is 12.6 Å². The van der Waals surface area contributed by atoms with Crippen LogP contribution in [0.4, 0.5) is 0 Å². The number of amides is 1. The van der Waals surface area contributed by atoms with Crippen LogP contribution in [0.5, 0.6) is 0 Å². The fraction of sp³-hybridized carbons (Fsp3) is 0.250. The van der Waals surface area contributed by atoms with Gasteiger partial charge in [0, 0.05) is 25.1 Å². The van der Waals surface area contributed by atoms with E-state index in [1.165, 1.54) is 0 Å². The molecule has 2 aromatic carbocycles. The van der Waals surface area contributed by atoms with E-state index >= 15 is 0 Å². The van der Waals surface area contributed by atoms with E-state index in [1.54, 1.807) is 19.1 Å². The highest BCUT2D eigenvalue weighted by molar-refractivity contribution is 5.94. The zero-order valence-electron chi connectivity index (χ0n) is 14.2. The lowest BCUT2D eigenvalue weighted by molar-refractivity contribution is 0.0727. The van der Waals surface area contributed by atoms with Crippen molar-refractivity contribution >= 4 is 16.9 Å². The van der Waals surface area contributed by atoms with Crippen LogP contribution in [0.1, 0.15) is 34.6 Å². The Kier molecular flexibility index (Phi) is 4.67. The lowest BCUT2D eigenvalue weighted by Gasteiger charge is -2.23. The second-order valence-corrected chi connectivity index (χ2v) is 5.91. The number of rotatable bonds is 5. The van der Waals surface area contributed by atoms with E-state index in [-0.39, 0.29) is 11.9 Å². The molecule has 4 nitrogen and oxygen atoms in total. The Labute approximate surface area is 141 Å². The third kappa shape index (κ3) is 3.19. The van der Waals surface area contributed by atoms with Crippen LogP contribution in [0.2, 0.25) is 0 Å². The van der Waals surface area contributed by atoms with E-state index in [9.17, 15) is 4.79 Å². The Bertz CT molecular complexity index is 820. The molecule has 4 heteroatoms. The fourth-order valence-corrected chi connectivity index (χ4v) is 2.74. The third-order valence-corrected chi connectivity index (χ3v) is 4.24.